The second-order valence-corrected chi connectivity index (χ2v) is 16.3. The molecular formula is C30H43FN4O5Si. The summed E-state index contributed by atoms with van der Waals surface area (Å²) in [5.74, 6) is -1.25. The van der Waals surface area contributed by atoms with Crippen LogP contribution in [0.4, 0.5) is 15.5 Å². The number of carbonyl (C=O) groups is 3. The number of nitrogens with one attached hydrogen (secondary N) is 2. The summed E-state index contributed by atoms with van der Waals surface area (Å²) in [7, 11) is -3.44. The number of rotatable bonds is 8. The van der Waals surface area contributed by atoms with Gasteiger partial charge in [-0.3, -0.25) is 14.4 Å². The van der Waals surface area contributed by atoms with Crippen LogP contribution >= 0.6 is 0 Å². The van der Waals surface area contributed by atoms with Crippen molar-refractivity contribution in [1.82, 2.24) is 10.2 Å². The Bertz CT molecular complexity index is 1200. The fraction of sp³-hybridized carbons (Fsp3) is 0.633. The number of likely N-dealkylation sites (tertiary alicyclic amines) is 1. The number of aliphatic hydroxyl groups is 1. The van der Waals surface area contributed by atoms with E-state index < -0.39 is 31.6 Å². The van der Waals surface area contributed by atoms with Crippen LogP contribution in [0.5, 0.6) is 0 Å². The summed E-state index contributed by atoms with van der Waals surface area (Å²) in [6.45, 7) is 11.1. The van der Waals surface area contributed by atoms with Crippen LogP contribution in [-0.2, 0) is 24.7 Å². The Morgan fingerprint density at radius 1 is 1.32 bits per heavy atom. The van der Waals surface area contributed by atoms with Gasteiger partial charge in [0.1, 0.15) is 0 Å². The quantitative estimate of drug-likeness (QED) is 0.245. The van der Waals surface area contributed by atoms with Gasteiger partial charge >= 0.3 is 0 Å². The van der Waals surface area contributed by atoms with Gasteiger partial charge in [0.2, 0.25) is 20.2 Å². The van der Waals surface area contributed by atoms with Crippen LogP contribution in [-0.4, -0.2) is 81.1 Å². The topological polar surface area (TPSA) is 111 Å². The summed E-state index contributed by atoms with van der Waals surface area (Å²) < 4.78 is 22.8. The summed E-state index contributed by atoms with van der Waals surface area (Å²) in [6, 6.07) is 5.13. The molecule has 41 heavy (non-hydrogen) atoms. The molecular weight excluding hydrogens is 543 g/mol. The summed E-state index contributed by atoms with van der Waals surface area (Å²) in [4.78, 5) is 44.0. The second kappa shape index (κ2) is 11.6. The Labute approximate surface area is 242 Å². The molecule has 0 aliphatic carbocycles. The smallest absolute Gasteiger partial charge is 0.264 e. The third kappa shape index (κ3) is 5.26. The summed E-state index contributed by atoms with van der Waals surface area (Å²) >= 11 is 0. The van der Waals surface area contributed by atoms with Crippen molar-refractivity contribution in [3.8, 4) is 0 Å². The highest BCUT2D eigenvalue weighted by Gasteiger charge is 2.67. The molecule has 0 aromatic heterocycles. The van der Waals surface area contributed by atoms with E-state index in [0.29, 0.717) is 30.0 Å². The van der Waals surface area contributed by atoms with Crippen LogP contribution in [0.25, 0.3) is 0 Å². The summed E-state index contributed by atoms with van der Waals surface area (Å²) in [6.07, 6.45) is 4.07. The first-order chi connectivity index (χ1) is 19.5. The van der Waals surface area contributed by atoms with Crippen molar-refractivity contribution in [2.24, 2.45) is 11.8 Å². The van der Waals surface area contributed by atoms with Gasteiger partial charge < -0.3 is 34.4 Å². The van der Waals surface area contributed by atoms with Crippen LogP contribution in [0, 0.1) is 11.8 Å². The third-order valence-electron chi connectivity index (χ3n) is 9.49. The monoisotopic (exact) mass is 586 g/mol. The number of halogens is 1. The van der Waals surface area contributed by atoms with E-state index >= 15 is 4.11 Å². The van der Waals surface area contributed by atoms with Gasteiger partial charge in [0.05, 0.1) is 36.8 Å². The lowest BCUT2D eigenvalue weighted by Gasteiger charge is -2.31. The molecule has 0 saturated carbocycles. The predicted molar refractivity (Wildman–Crippen MR) is 158 cm³/mol. The van der Waals surface area contributed by atoms with E-state index in [9.17, 15) is 19.5 Å². The minimum atomic E-state index is -3.44. The highest BCUT2D eigenvalue weighted by atomic mass is 28.4. The predicted octanol–water partition coefficient (Wildman–Crippen LogP) is 3.31. The first-order valence-electron chi connectivity index (χ1n) is 14.9. The molecule has 5 rings (SSSR count). The minimum Gasteiger partial charge on any atom is -0.394 e. The van der Waals surface area contributed by atoms with Gasteiger partial charge in [0, 0.05) is 42.3 Å². The van der Waals surface area contributed by atoms with Crippen LogP contribution in [0.15, 0.2) is 30.9 Å². The van der Waals surface area contributed by atoms with E-state index in [4.69, 9.17) is 4.74 Å². The van der Waals surface area contributed by atoms with Crippen molar-refractivity contribution >= 4 is 37.5 Å². The molecule has 4 heterocycles. The van der Waals surface area contributed by atoms with Crippen LogP contribution in [0.3, 0.4) is 0 Å². The van der Waals surface area contributed by atoms with Crippen molar-refractivity contribution in [1.29, 1.82) is 0 Å². The van der Waals surface area contributed by atoms with Gasteiger partial charge in [0.15, 0.2) is 5.60 Å². The van der Waals surface area contributed by atoms with Crippen molar-refractivity contribution in [3.63, 3.8) is 0 Å². The number of benzene rings is 1. The lowest BCUT2D eigenvalue weighted by molar-refractivity contribution is -0.149. The molecule has 1 unspecified atom stereocenters. The van der Waals surface area contributed by atoms with Gasteiger partial charge in [-0.05, 0) is 63.5 Å². The highest BCUT2D eigenvalue weighted by Crippen LogP contribution is 2.60. The number of carbonyl (C=O) groups excluding carboxylic acids is 3. The maximum Gasteiger partial charge on any atom is 0.264 e. The molecule has 11 heteroatoms. The normalized spacial score (nSPS) is 31.5. The summed E-state index contributed by atoms with van der Waals surface area (Å²) in [5.41, 5.74) is -0.321. The Hall–Kier alpha value is -2.60. The zero-order valence-corrected chi connectivity index (χ0v) is 25.3. The number of anilines is 2. The molecule has 1 aromatic rings. The number of amides is 3. The molecule has 3 N–H and O–H groups in total. The SMILES string of the molecule is C=CCN1C(=O)[C@]2(O[C@H](CC(=O)N3CCC[C@H]3CO)[C@@H]([Si](C)(C)F)[C@@H]2C)c2cc(NC(=O)C3CCCNC3)ccc21. The number of ether oxygens (including phenoxy) is 1. The standard InChI is InChI=1S/C30H43FN4O5Si/c1-5-13-35-24-11-10-21(33-28(38)20-8-6-12-32-17-20)15-23(24)30(29(35)39)19(2)27(41(3,4)31)25(40-30)16-26(37)34-14-7-9-22(34)18-36/h5,10-11,15,19-20,22,25,27,32,36H,1,6-9,12-14,16-18H2,2-4H3,(H,33,38)/t19-,20?,22-,25+,27-,30+/m0/s1. The molecule has 4 aliphatic heterocycles. The maximum atomic E-state index is 16.1. The Balaban J connectivity index is 1.51. The van der Waals surface area contributed by atoms with Crippen LogP contribution in [0.1, 0.15) is 44.6 Å². The molecule has 9 nitrogen and oxygen atoms in total. The number of nitrogens with zero attached hydrogens (tertiary/aromatic N) is 2. The first-order valence-corrected chi connectivity index (χ1v) is 17.8. The Morgan fingerprint density at radius 2 is 2.10 bits per heavy atom. The molecule has 0 radical (unpaired) electrons. The van der Waals surface area contributed by atoms with Gasteiger partial charge in [0.25, 0.3) is 5.91 Å². The van der Waals surface area contributed by atoms with Crippen molar-refractivity contribution in [3.05, 3.63) is 36.4 Å². The zero-order chi connectivity index (χ0) is 29.5. The molecule has 1 aromatic carbocycles. The van der Waals surface area contributed by atoms with E-state index in [2.05, 4.69) is 17.2 Å². The van der Waals surface area contributed by atoms with Crippen molar-refractivity contribution in [2.45, 2.75) is 75.4 Å². The molecule has 224 valence electrons. The number of fused-ring (bicyclic) bond motifs is 2. The summed E-state index contributed by atoms with van der Waals surface area (Å²) in [5, 5.41) is 16.0. The van der Waals surface area contributed by atoms with Gasteiger partial charge in [-0.2, -0.15) is 0 Å². The van der Waals surface area contributed by atoms with Crippen molar-refractivity contribution < 1.29 is 28.3 Å². The fourth-order valence-corrected chi connectivity index (χ4v) is 10.1. The van der Waals surface area contributed by atoms with E-state index in [1.807, 2.05) is 6.92 Å². The molecule has 4 aliphatic rings. The largest absolute Gasteiger partial charge is 0.394 e. The number of hydrogen-bond donors (Lipinski definition) is 3. The lowest BCUT2D eigenvalue weighted by Crippen LogP contribution is -2.45. The first kappa shape index (κ1) is 29.9. The number of hydrogen-bond acceptors (Lipinski definition) is 6. The fourth-order valence-electron chi connectivity index (χ4n) is 7.60. The molecule has 3 saturated heterocycles. The lowest BCUT2D eigenvalue weighted by atomic mass is 9.82. The highest BCUT2D eigenvalue weighted by molar-refractivity contribution is 6.72. The minimum absolute atomic E-state index is 0.0528. The molecule has 3 fully saturated rings. The average Bonchev–Trinajstić information content (AvgIpc) is 3.60. The van der Waals surface area contributed by atoms with E-state index in [-0.39, 0.29) is 49.3 Å². The van der Waals surface area contributed by atoms with Gasteiger partial charge in [-0.15, -0.1) is 6.58 Å². The molecule has 0 bridgehead atoms. The third-order valence-corrected chi connectivity index (χ3v) is 11.9. The van der Waals surface area contributed by atoms with Gasteiger partial charge in [-0.1, -0.05) is 13.0 Å². The van der Waals surface area contributed by atoms with E-state index in [0.717, 1.165) is 32.2 Å². The Morgan fingerprint density at radius 3 is 2.76 bits per heavy atom. The van der Waals surface area contributed by atoms with Crippen LogP contribution in [0.2, 0.25) is 18.6 Å². The molecule has 6 atom stereocenters. The van der Waals surface area contributed by atoms with E-state index in [1.165, 1.54) is 0 Å². The zero-order valence-electron chi connectivity index (χ0n) is 24.3. The second-order valence-electron chi connectivity index (χ2n) is 12.5. The molecule has 1 spiro atoms. The number of aliphatic hydroxyl groups excluding tert-OH is 1. The van der Waals surface area contributed by atoms with Crippen LogP contribution < -0.4 is 15.5 Å². The van der Waals surface area contributed by atoms with Crippen molar-refractivity contribution in [2.75, 3.05) is 43.0 Å². The average molecular weight is 587 g/mol. The van der Waals surface area contributed by atoms with Gasteiger partial charge in [-0.25, -0.2) is 0 Å². The number of piperidine rings is 1. The molecule has 3 amide bonds. The Kier molecular flexibility index (Phi) is 8.44. The van der Waals surface area contributed by atoms with E-state index in [1.54, 1.807) is 47.2 Å². The maximum absolute atomic E-state index is 16.1.